The molecule has 2 nitrogen and oxygen atoms in total. The molecule has 2 heteroatoms. The Bertz CT molecular complexity index is 916. The van der Waals surface area contributed by atoms with Crippen LogP contribution in [0.4, 0.5) is 0 Å². The maximum atomic E-state index is 5.82. The number of unbranched alkanes of at least 4 members (excludes halogenated alkanes) is 1. The number of piperidine rings is 1. The van der Waals surface area contributed by atoms with Crippen molar-refractivity contribution < 1.29 is 4.84 Å². The molecule has 0 aromatic heterocycles. The molecule has 0 radical (unpaired) electrons. The monoisotopic (exact) mass is 443 g/mol. The van der Waals surface area contributed by atoms with Gasteiger partial charge in [-0.3, -0.25) is 0 Å². The maximum absolute atomic E-state index is 5.82. The van der Waals surface area contributed by atoms with E-state index in [1.54, 1.807) is 6.26 Å². The molecule has 2 aromatic carbocycles. The minimum Gasteiger partial charge on any atom is -0.413 e. The van der Waals surface area contributed by atoms with Gasteiger partial charge in [-0.1, -0.05) is 73.3 Å². The first kappa shape index (κ1) is 25.1. The van der Waals surface area contributed by atoms with Crippen LogP contribution >= 0.6 is 0 Å². The third-order valence-corrected chi connectivity index (χ3v) is 6.74. The zero-order chi connectivity index (χ0) is 23.9. The van der Waals surface area contributed by atoms with E-state index in [2.05, 4.69) is 107 Å². The number of rotatable bonds is 10. The Hall–Kier alpha value is -2.58. The molecule has 1 heterocycles. The van der Waals surface area contributed by atoms with Gasteiger partial charge < -0.3 is 4.84 Å². The van der Waals surface area contributed by atoms with Crippen LogP contribution in [-0.4, -0.2) is 16.1 Å². The average molecular weight is 444 g/mol. The molecule has 0 atom stereocenters. The zero-order valence-corrected chi connectivity index (χ0v) is 21.0. The highest BCUT2D eigenvalue weighted by molar-refractivity contribution is 5.64. The van der Waals surface area contributed by atoms with E-state index in [0.717, 1.165) is 38.5 Å². The molecule has 3 rings (SSSR count). The maximum Gasteiger partial charge on any atom is 0.104 e. The van der Waals surface area contributed by atoms with Crippen molar-refractivity contribution in [1.82, 2.24) is 5.06 Å². The van der Waals surface area contributed by atoms with Gasteiger partial charge in [0.25, 0.3) is 0 Å². The van der Waals surface area contributed by atoms with Gasteiger partial charge in [0.15, 0.2) is 0 Å². The van der Waals surface area contributed by atoms with Crippen molar-refractivity contribution in [2.45, 2.75) is 83.2 Å². The first-order chi connectivity index (χ1) is 15.8. The molecule has 0 aliphatic carbocycles. The fourth-order valence-corrected chi connectivity index (χ4v) is 5.37. The van der Waals surface area contributed by atoms with E-state index in [1.165, 1.54) is 22.3 Å². The van der Waals surface area contributed by atoms with Gasteiger partial charge in [0.05, 0.1) is 11.1 Å². The number of allylic oxidation sites excluding steroid dienone is 3. The number of aryl methyl sites for hydroxylation is 1. The normalized spacial score (nSPS) is 18.3. The predicted molar refractivity (Wildman–Crippen MR) is 142 cm³/mol. The van der Waals surface area contributed by atoms with Crippen LogP contribution in [0.3, 0.4) is 0 Å². The molecule has 0 saturated carbocycles. The molecule has 0 spiro atoms. The quantitative estimate of drug-likeness (QED) is 0.207. The lowest BCUT2D eigenvalue weighted by atomic mass is 9.72. The molecule has 0 amide bonds. The summed E-state index contributed by atoms with van der Waals surface area (Å²) in [6, 6.07) is 18.2. The second-order valence-corrected chi connectivity index (χ2v) is 10.5. The number of hydroxylamine groups is 2. The molecular weight excluding hydrogens is 402 g/mol. The summed E-state index contributed by atoms with van der Waals surface area (Å²) in [5.41, 5.74) is 5.24. The van der Waals surface area contributed by atoms with Crippen molar-refractivity contribution in [3.05, 3.63) is 97.3 Å². The molecule has 176 valence electrons. The van der Waals surface area contributed by atoms with Gasteiger partial charge in [-0.25, -0.2) is 0 Å². The van der Waals surface area contributed by atoms with Crippen LogP contribution in [0.5, 0.6) is 0 Å². The summed E-state index contributed by atoms with van der Waals surface area (Å²) in [6.45, 7) is 16.6. The smallest absolute Gasteiger partial charge is 0.104 e. The highest BCUT2D eigenvalue weighted by atomic mass is 16.7. The first-order valence-electron chi connectivity index (χ1n) is 12.3. The second kappa shape index (κ2) is 11.0. The van der Waals surface area contributed by atoms with Gasteiger partial charge in [0, 0.05) is 0 Å². The zero-order valence-electron chi connectivity index (χ0n) is 21.0. The number of hydrogen-bond donors (Lipinski definition) is 0. The Morgan fingerprint density at radius 3 is 1.91 bits per heavy atom. The Labute approximate surface area is 201 Å². The summed E-state index contributed by atoms with van der Waals surface area (Å²) < 4.78 is 0. The topological polar surface area (TPSA) is 12.5 Å². The lowest BCUT2D eigenvalue weighted by molar-refractivity contribution is -0.249. The fourth-order valence-electron chi connectivity index (χ4n) is 5.37. The number of hydrogen-bond acceptors (Lipinski definition) is 2. The standard InChI is InChI=1S/C31H41NO/c1-7-9-10-11-12-13-14-25-15-17-26(18-16-25)27-19-21-28(22-20-27)29-23-30(3,4)32(33-8-2)31(5,6)24-29/h7-8,11-12,15-22,29H,1-2,9-10,13-14,23-24H2,3-6H3/b12-11+. The molecule has 1 saturated heterocycles. The summed E-state index contributed by atoms with van der Waals surface area (Å²) in [5, 5.41) is 2.12. The van der Waals surface area contributed by atoms with E-state index in [4.69, 9.17) is 4.84 Å². The van der Waals surface area contributed by atoms with Crippen molar-refractivity contribution >= 4 is 0 Å². The van der Waals surface area contributed by atoms with Gasteiger partial charge in [0.1, 0.15) is 6.26 Å². The van der Waals surface area contributed by atoms with Crippen molar-refractivity contribution in [2.24, 2.45) is 0 Å². The lowest BCUT2D eigenvalue weighted by Crippen LogP contribution is -2.59. The van der Waals surface area contributed by atoms with Crippen LogP contribution in [0.2, 0.25) is 0 Å². The molecule has 2 aromatic rings. The molecule has 0 unspecified atom stereocenters. The Morgan fingerprint density at radius 2 is 1.36 bits per heavy atom. The molecule has 0 bridgehead atoms. The van der Waals surface area contributed by atoms with E-state index in [0.29, 0.717) is 5.92 Å². The fraction of sp³-hybridized carbons (Fsp3) is 0.419. The van der Waals surface area contributed by atoms with Crippen molar-refractivity contribution in [2.75, 3.05) is 0 Å². The number of nitrogens with zero attached hydrogens (tertiary/aromatic N) is 1. The Kier molecular flexibility index (Phi) is 8.37. The van der Waals surface area contributed by atoms with Crippen LogP contribution in [0.15, 0.2) is 86.2 Å². The Morgan fingerprint density at radius 1 is 0.818 bits per heavy atom. The SMILES string of the molecule is C=CCC/C=C/CCc1ccc(-c2ccc(C3CC(C)(C)N(OC=C)C(C)(C)C3)cc2)cc1. The van der Waals surface area contributed by atoms with Crippen molar-refractivity contribution in [3.63, 3.8) is 0 Å². The van der Waals surface area contributed by atoms with Crippen LogP contribution < -0.4 is 0 Å². The summed E-state index contributed by atoms with van der Waals surface area (Å²) in [4.78, 5) is 5.82. The summed E-state index contributed by atoms with van der Waals surface area (Å²) >= 11 is 0. The van der Waals surface area contributed by atoms with Gasteiger partial charge in [0.2, 0.25) is 0 Å². The van der Waals surface area contributed by atoms with Gasteiger partial charge in [-0.05, 0) is 94.4 Å². The van der Waals surface area contributed by atoms with Crippen molar-refractivity contribution in [3.8, 4) is 11.1 Å². The Balaban J connectivity index is 1.64. The molecule has 1 aliphatic heterocycles. The lowest BCUT2D eigenvalue weighted by Gasteiger charge is -2.53. The molecule has 0 N–H and O–H groups in total. The van der Waals surface area contributed by atoms with Crippen LogP contribution in [0.1, 0.15) is 76.8 Å². The molecule has 33 heavy (non-hydrogen) atoms. The van der Waals surface area contributed by atoms with Crippen molar-refractivity contribution in [1.29, 1.82) is 0 Å². The minimum atomic E-state index is -0.0596. The van der Waals surface area contributed by atoms with Crippen LogP contribution in [0.25, 0.3) is 11.1 Å². The van der Waals surface area contributed by atoms with Crippen LogP contribution in [-0.2, 0) is 11.3 Å². The van der Waals surface area contributed by atoms with Gasteiger partial charge >= 0.3 is 0 Å². The van der Waals surface area contributed by atoms with E-state index in [-0.39, 0.29) is 11.1 Å². The first-order valence-corrected chi connectivity index (χ1v) is 12.3. The molecular formula is C31H41NO. The average Bonchev–Trinajstić information content (AvgIpc) is 2.78. The second-order valence-electron chi connectivity index (χ2n) is 10.5. The predicted octanol–water partition coefficient (Wildman–Crippen LogP) is 8.62. The van der Waals surface area contributed by atoms with Gasteiger partial charge in [-0.15, -0.1) is 11.6 Å². The van der Waals surface area contributed by atoms with Gasteiger partial charge in [-0.2, -0.15) is 0 Å². The minimum absolute atomic E-state index is 0.0596. The van der Waals surface area contributed by atoms with E-state index >= 15 is 0 Å². The van der Waals surface area contributed by atoms with E-state index < -0.39 is 0 Å². The molecule has 1 aliphatic rings. The third-order valence-electron chi connectivity index (χ3n) is 6.74. The molecule has 1 fully saturated rings. The largest absolute Gasteiger partial charge is 0.413 e. The summed E-state index contributed by atoms with van der Waals surface area (Å²) in [6.07, 6.45) is 14.5. The summed E-state index contributed by atoms with van der Waals surface area (Å²) in [5.74, 6) is 0.510. The highest BCUT2D eigenvalue weighted by Crippen LogP contribution is 2.46. The summed E-state index contributed by atoms with van der Waals surface area (Å²) in [7, 11) is 0. The number of benzene rings is 2. The van der Waals surface area contributed by atoms with Crippen LogP contribution in [0, 0.1) is 0 Å². The highest BCUT2D eigenvalue weighted by Gasteiger charge is 2.47. The third kappa shape index (κ3) is 6.48. The van der Waals surface area contributed by atoms with E-state index in [1.807, 2.05) is 6.08 Å². The van der Waals surface area contributed by atoms with E-state index in [9.17, 15) is 0 Å².